The maximum Gasteiger partial charge on any atom is 0.433 e. The van der Waals surface area contributed by atoms with E-state index in [1.54, 1.807) is 20.8 Å². The molecule has 0 bridgehead atoms. The van der Waals surface area contributed by atoms with Crippen LogP contribution in [0.25, 0.3) is 0 Å². The number of carbonyl (C=O) groups is 1. The molecule has 1 unspecified atom stereocenters. The van der Waals surface area contributed by atoms with Crippen molar-refractivity contribution in [1.29, 1.82) is 0 Å². The summed E-state index contributed by atoms with van der Waals surface area (Å²) >= 11 is -1.50. The molecule has 0 spiro atoms. The van der Waals surface area contributed by atoms with E-state index >= 15 is 0 Å². The van der Waals surface area contributed by atoms with Crippen LogP contribution in [0.5, 0.6) is 5.88 Å². The van der Waals surface area contributed by atoms with E-state index in [9.17, 15) is 22.5 Å². The van der Waals surface area contributed by atoms with Crippen LogP contribution in [-0.2, 0) is 17.5 Å². The number of nitrogens with one attached hydrogen (secondary N) is 1. The average molecular weight is 353 g/mol. The van der Waals surface area contributed by atoms with Crippen LogP contribution < -0.4 is 15.2 Å². The summed E-state index contributed by atoms with van der Waals surface area (Å²) in [5, 5.41) is 0. The van der Waals surface area contributed by atoms with Crippen LogP contribution in [-0.4, -0.2) is 20.4 Å². The summed E-state index contributed by atoms with van der Waals surface area (Å²) < 4.78 is 57.2. The molecule has 1 rings (SSSR count). The summed E-state index contributed by atoms with van der Waals surface area (Å²) in [4.78, 5) is 13.9. The predicted octanol–water partition coefficient (Wildman–Crippen LogP) is 2.67. The SMILES string of the molecule is C[C@H](N[S+]([O-])C(C)(C)C)c1cc(OC(N)=O)nc(C(F)(F)F)c1. The molecule has 1 amide bonds. The Labute approximate surface area is 134 Å². The highest BCUT2D eigenvalue weighted by atomic mass is 32.2. The Kier molecular flexibility index (Phi) is 5.89. The fourth-order valence-electron chi connectivity index (χ4n) is 1.48. The van der Waals surface area contributed by atoms with Gasteiger partial charge in [-0.1, -0.05) is 0 Å². The van der Waals surface area contributed by atoms with E-state index in [0.717, 1.165) is 12.1 Å². The Morgan fingerprint density at radius 1 is 1.39 bits per heavy atom. The summed E-state index contributed by atoms with van der Waals surface area (Å²) in [7, 11) is 0. The van der Waals surface area contributed by atoms with Crippen LogP contribution in [0, 0.1) is 0 Å². The highest BCUT2D eigenvalue weighted by Gasteiger charge is 2.35. The zero-order valence-corrected chi connectivity index (χ0v) is 13.8. The minimum absolute atomic E-state index is 0.112. The third-order valence-corrected chi connectivity index (χ3v) is 4.34. The van der Waals surface area contributed by atoms with Crippen molar-refractivity contribution in [3.05, 3.63) is 23.4 Å². The number of nitrogens with two attached hydrogens (primary N) is 1. The van der Waals surface area contributed by atoms with Crippen molar-refractivity contribution in [3.8, 4) is 5.88 Å². The second kappa shape index (κ2) is 6.93. The van der Waals surface area contributed by atoms with E-state index in [1.807, 2.05) is 0 Å². The van der Waals surface area contributed by atoms with Crippen LogP contribution in [0.2, 0.25) is 0 Å². The minimum atomic E-state index is -4.73. The lowest BCUT2D eigenvalue weighted by atomic mass is 10.1. The Morgan fingerprint density at radius 3 is 2.39 bits per heavy atom. The number of alkyl halides is 3. The van der Waals surface area contributed by atoms with Gasteiger partial charge in [0.25, 0.3) is 0 Å². The highest BCUT2D eigenvalue weighted by Crippen LogP contribution is 2.32. The lowest BCUT2D eigenvalue weighted by molar-refractivity contribution is -0.141. The molecule has 0 saturated heterocycles. The molecular weight excluding hydrogens is 335 g/mol. The highest BCUT2D eigenvalue weighted by molar-refractivity contribution is 7.90. The van der Waals surface area contributed by atoms with Crippen molar-refractivity contribution in [2.45, 2.75) is 44.7 Å². The van der Waals surface area contributed by atoms with Gasteiger partial charge < -0.3 is 15.0 Å². The van der Waals surface area contributed by atoms with Gasteiger partial charge in [-0.15, -0.1) is 4.72 Å². The molecule has 0 aliphatic rings. The quantitative estimate of drug-likeness (QED) is 0.811. The molecule has 10 heteroatoms. The van der Waals surface area contributed by atoms with Crippen LogP contribution in [0.1, 0.15) is 45.0 Å². The number of primary amides is 1. The molecule has 0 aromatic carbocycles. The van der Waals surface area contributed by atoms with Gasteiger partial charge in [-0.05, 0) is 39.3 Å². The van der Waals surface area contributed by atoms with E-state index in [2.05, 4.69) is 14.4 Å². The monoisotopic (exact) mass is 353 g/mol. The molecule has 0 fully saturated rings. The summed E-state index contributed by atoms with van der Waals surface area (Å²) in [5.41, 5.74) is 3.68. The zero-order chi connectivity index (χ0) is 18.0. The third-order valence-electron chi connectivity index (χ3n) is 2.66. The molecule has 0 aliphatic heterocycles. The molecule has 0 aliphatic carbocycles. The molecule has 6 nitrogen and oxygen atoms in total. The van der Waals surface area contributed by atoms with Gasteiger partial charge in [-0.25, -0.2) is 9.78 Å². The Bertz CT molecular complexity index is 576. The van der Waals surface area contributed by atoms with Crippen molar-refractivity contribution in [2.75, 3.05) is 0 Å². The van der Waals surface area contributed by atoms with Gasteiger partial charge in [-0.3, -0.25) is 0 Å². The van der Waals surface area contributed by atoms with Gasteiger partial charge >= 0.3 is 12.3 Å². The molecule has 130 valence electrons. The second-order valence-corrected chi connectivity index (χ2v) is 7.76. The normalized spacial score (nSPS) is 15.1. The number of halogens is 3. The molecule has 0 radical (unpaired) electrons. The molecule has 1 heterocycles. The van der Waals surface area contributed by atoms with Gasteiger partial charge in [0.05, 0.1) is 6.04 Å². The number of hydrogen-bond acceptors (Lipinski definition) is 5. The van der Waals surface area contributed by atoms with E-state index in [0.29, 0.717) is 0 Å². The first kappa shape index (κ1) is 19.5. The summed E-state index contributed by atoms with van der Waals surface area (Å²) in [6.45, 7) is 6.70. The molecular formula is C13H18F3N3O3S. The van der Waals surface area contributed by atoms with Gasteiger partial charge in [-0.2, -0.15) is 13.2 Å². The second-order valence-electron chi connectivity index (χ2n) is 5.76. The van der Waals surface area contributed by atoms with E-state index in [-0.39, 0.29) is 5.56 Å². The van der Waals surface area contributed by atoms with Crippen LogP contribution in [0.3, 0.4) is 0 Å². The van der Waals surface area contributed by atoms with Crippen LogP contribution >= 0.6 is 0 Å². The molecule has 0 saturated carbocycles. The lowest BCUT2D eigenvalue weighted by Gasteiger charge is -2.26. The van der Waals surface area contributed by atoms with Crippen molar-refractivity contribution in [2.24, 2.45) is 5.73 Å². The standard InChI is InChI=1S/C13H18F3N3O3S/c1-7(19-23(21)12(2,3)4)8-5-9(13(14,15)16)18-10(6-8)22-11(17)20/h5-7,19H,1-4H3,(H2,17,20)/t7-,23?/m0/s1. The summed E-state index contributed by atoms with van der Waals surface area (Å²) in [6, 6.07) is 1.23. The van der Waals surface area contributed by atoms with Gasteiger partial charge in [0.15, 0.2) is 0 Å². The van der Waals surface area contributed by atoms with E-state index in [1.165, 1.54) is 6.92 Å². The third kappa shape index (κ3) is 5.88. The predicted molar refractivity (Wildman–Crippen MR) is 78.9 cm³/mol. The van der Waals surface area contributed by atoms with Crippen molar-refractivity contribution < 1.29 is 27.3 Å². The molecule has 1 aromatic rings. The Balaban J connectivity index is 3.16. The van der Waals surface area contributed by atoms with Gasteiger partial charge in [0.2, 0.25) is 5.88 Å². The summed E-state index contributed by atoms with van der Waals surface area (Å²) in [6.07, 6.45) is -6.00. The largest absolute Gasteiger partial charge is 0.598 e. The number of hydrogen-bond donors (Lipinski definition) is 2. The summed E-state index contributed by atoms with van der Waals surface area (Å²) in [5.74, 6) is -0.572. The Hall–Kier alpha value is -1.52. The van der Waals surface area contributed by atoms with Gasteiger partial charge in [0.1, 0.15) is 10.4 Å². The van der Waals surface area contributed by atoms with Crippen LogP contribution in [0.4, 0.5) is 18.0 Å². The van der Waals surface area contributed by atoms with E-state index in [4.69, 9.17) is 5.73 Å². The molecule has 23 heavy (non-hydrogen) atoms. The van der Waals surface area contributed by atoms with Gasteiger partial charge in [0, 0.05) is 17.4 Å². The van der Waals surface area contributed by atoms with Crippen LogP contribution in [0.15, 0.2) is 12.1 Å². The number of aromatic nitrogens is 1. The maximum absolute atomic E-state index is 12.9. The number of nitrogens with zero attached hydrogens (tertiary/aromatic N) is 1. The van der Waals surface area contributed by atoms with Crippen molar-refractivity contribution in [3.63, 3.8) is 0 Å². The molecule has 2 atom stereocenters. The first-order chi connectivity index (χ1) is 10.3. The molecule has 1 aromatic heterocycles. The average Bonchev–Trinajstić information content (AvgIpc) is 2.35. The Morgan fingerprint density at radius 2 is 1.96 bits per heavy atom. The lowest BCUT2D eigenvalue weighted by Crippen LogP contribution is -2.40. The zero-order valence-electron chi connectivity index (χ0n) is 13.0. The molecule has 3 N–H and O–H groups in total. The van der Waals surface area contributed by atoms with Crippen molar-refractivity contribution >= 4 is 17.5 Å². The first-order valence-corrected chi connectivity index (χ1v) is 7.70. The fourth-order valence-corrected chi connectivity index (χ4v) is 2.29. The first-order valence-electron chi connectivity index (χ1n) is 6.55. The fraction of sp³-hybridized carbons (Fsp3) is 0.538. The topological polar surface area (TPSA) is 100 Å². The number of pyridine rings is 1. The minimum Gasteiger partial charge on any atom is -0.598 e. The number of amides is 1. The van der Waals surface area contributed by atoms with E-state index < -0.39 is 46.0 Å². The van der Waals surface area contributed by atoms with Crippen molar-refractivity contribution in [1.82, 2.24) is 9.71 Å². The number of ether oxygens (including phenoxy) is 1. The smallest absolute Gasteiger partial charge is 0.433 e. The number of carbonyl (C=O) groups excluding carboxylic acids is 1. The number of rotatable bonds is 4. The maximum atomic E-state index is 12.9.